The van der Waals surface area contributed by atoms with Crippen molar-refractivity contribution >= 4 is 39.0 Å². The molecule has 2 N–H and O–H groups in total. The van der Waals surface area contributed by atoms with E-state index in [1.165, 1.54) is 36.6 Å². The minimum atomic E-state index is -0.993. The molecule has 3 aromatic rings. The van der Waals surface area contributed by atoms with Crippen LogP contribution in [0.25, 0.3) is 0 Å². The van der Waals surface area contributed by atoms with E-state index in [2.05, 4.69) is 35.9 Å². The van der Waals surface area contributed by atoms with Gasteiger partial charge in [0.05, 0.1) is 18.8 Å². The first kappa shape index (κ1) is 23.3. The number of ether oxygens (including phenoxy) is 1. The number of carbonyl (C=O) groups excluding carboxylic acids is 1. The highest BCUT2D eigenvalue weighted by Gasteiger charge is 2.30. The van der Waals surface area contributed by atoms with Crippen molar-refractivity contribution in [3.05, 3.63) is 47.9 Å². The van der Waals surface area contributed by atoms with Gasteiger partial charge >= 0.3 is 0 Å². The number of hydrogen-bond acceptors (Lipinski definition) is 10. The van der Waals surface area contributed by atoms with Crippen molar-refractivity contribution in [2.24, 2.45) is 0 Å². The quantitative estimate of drug-likeness (QED) is 0.481. The molecule has 2 aliphatic rings. The van der Waals surface area contributed by atoms with E-state index in [1.807, 2.05) is 12.1 Å². The number of benzene rings is 1. The molecule has 0 bridgehead atoms. The normalized spacial score (nSPS) is 18.9. The summed E-state index contributed by atoms with van der Waals surface area (Å²) in [5, 5.41) is 23.2. The fourth-order valence-electron chi connectivity index (χ4n) is 4.18. The van der Waals surface area contributed by atoms with Crippen LogP contribution in [0.2, 0.25) is 0 Å². The molecule has 1 aromatic carbocycles. The van der Waals surface area contributed by atoms with Gasteiger partial charge < -0.3 is 19.9 Å². The van der Waals surface area contributed by atoms with Gasteiger partial charge in [-0.2, -0.15) is 5.10 Å². The molecule has 0 spiro atoms. The van der Waals surface area contributed by atoms with E-state index in [1.54, 1.807) is 11.1 Å². The van der Waals surface area contributed by atoms with E-state index in [4.69, 9.17) is 4.74 Å². The zero-order chi connectivity index (χ0) is 24.4. The number of nitrogens with zero attached hydrogens (tertiary/aromatic N) is 6. The van der Waals surface area contributed by atoms with E-state index >= 15 is 0 Å². The monoisotopic (exact) mass is 502 g/mol. The van der Waals surface area contributed by atoms with E-state index < -0.39 is 24.0 Å². The van der Waals surface area contributed by atoms with Gasteiger partial charge in [-0.05, 0) is 36.2 Å². The average molecular weight is 503 g/mol. The molecule has 1 unspecified atom stereocenters. The molecule has 5 rings (SSSR count). The fourth-order valence-corrected chi connectivity index (χ4v) is 4.90. The van der Waals surface area contributed by atoms with Gasteiger partial charge in [0, 0.05) is 32.4 Å². The van der Waals surface area contributed by atoms with Gasteiger partial charge in [-0.25, -0.2) is 8.78 Å². The minimum Gasteiger partial charge on any atom is -0.367 e. The number of hydrogen-bond donors (Lipinski definition) is 2. The third-order valence-corrected chi connectivity index (χ3v) is 6.75. The summed E-state index contributed by atoms with van der Waals surface area (Å²) in [5.74, 6) is -0.106. The molecular formula is C22H24F2N8O2S. The van der Waals surface area contributed by atoms with Crippen LogP contribution in [0.15, 0.2) is 36.5 Å². The Bertz CT molecular complexity index is 1180. The largest absolute Gasteiger partial charge is 0.367 e. The molecule has 2 saturated heterocycles. The SMILES string of the molecule is COC(C(=O)Nc1nnc(N[C@@H]2CCN(c3cccnn3)C2)s1)c1ccc(F)c(N2CC(F)C2)c1. The van der Waals surface area contributed by atoms with Crippen LogP contribution in [0.5, 0.6) is 0 Å². The highest BCUT2D eigenvalue weighted by atomic mass is 32.1. The number of rotatable bonds is 8. The maximum absolute atomic E-state index is 14.2. The van der Waals surface area contributed by atoms with Crippen molar-refractivity contribution in [2.45, 2.75) is 24.7 Å². The van der Waals surface area contributed by atoms with Crippen molar-refractivity contribution < 1.29 is 18.3 Å². The predicted molar refractivity (Wildman–Crippen MR) is 128 cm³/mol. The number of anilines is 4. The summed E-state index contributed by atoms with van der Waals surface area (Å²) in [6, 6.07) is 8.19. The molecule has 10 nitrogen and oxygen atoms in total. The number of methoxy groups -OCH3 is 1. The second kappa shape index (κ2) is 10.0. The minimum absolute atomic E-state index is 0.127. The lowest BCUT2D eigenvalue weighted by molar-refractivity contribution is -0.126. The molecular weight excluding hydrogens is 478 g/mol. The standard InChI is InChI=1S/C22H24F2N8O2S/c1-34-19(13-4-5-16(24)17(9-13)32-10-14(23)11-32)20(33)27-22-30-29-21(35-22)26-15-6-8-31(12-15)18-3-2-7-25-28-18/h2-5,7,9,14-15,19H,6,8,10-12H2,1H3,(H,26,29)(H,27,30,33)/t15-,19?/m1/s1. The summed E-state index contributed by atoms with van der Waals surface area (Å²) in [4.78, 5) is 16.6. The van der Waals surface area contributed by atoms with Crippen molar-refractivity contribution in [2.75, 3.05) is 53.7 Å². The molecule has 1 amide bonds. The lowest BCUT2D eigenvalue weighted by atomic mass is 10.0. The molecule has 184 valence electrons. The highest BCUT2D eigenvalue weighted by Crippen LogP contribution is 2.31. The van der Waals surface area contributed by atoms with Crippen molar-refractivity contribution in [1.29, 1.82) is 0 Å². The number of nitrogens with one attached hydrogen (secondary N) is 2. The van der Waals surface area contributed by atoms with Gasteiger partial charge in [0.25, 0.3) is 5.91 Å². The molecule has 13 heteroatoms. The van der Waals surface area contributed by atoms with Crippen LogP contribution >= 0.6 is 11.3 Å². The van der Waals surface area contributed by atoms with Crippen LogP contribution in [0.4, 0.5) is 30.5 Å². The van der Waals surface area contributed by atoms with E-state index in [0.29, 0.717) is 15.8 Å². The van der Waals surface area contributed by atoms with Crippen LogP contribution in [-0.2, 0) is 9.53 Å². The lowest BCUT2D eigenvalue weighted by Crippen LogP contribution is -2.48. The topological polar surface area (TPSA) is 108 Å². The van der Waals surface area contributed by atoms with Crippen LogP contribution in [0.3, 0.4) is 0 Å². The summed E-state index contributed by atoms with van der Waals surface area (Å²) in [5.41, 5.74) is 0.711. The Labute approximate surface area is 204 Å². The third kappa shape index (κ3) is 5.15. The molecule has 2 aromatic heterocycles. The maximum Gasteiger partial charge on any atom is 0.259 e. The van der Waals surface area contributed by atoms with Gasteiger partial charge in [0.1, 0.15) is 12.0 Å². The summed E-state index contributed by atoms with van der Waals surface area (Å²) >= 11 is 1.21. The van der Waals surface area contributed by atoms with Crippen LogP contribution in [0, 0.1) is 5.82 Å². The first-order chi connectivity index (χ1) is 17.0. The molecule has 0 aliphatic carbocycles. The van der Waals surface area contributed by atoms with E-state index in [0.717, 1.165) is 25.3 Å². The molecule has 35 heavy (non-hydrogen) atoms. The molecule has 0 radical (unpaired) electrons. The van der Waals surface area contributed by atoms with Gasteiger partial charge in [-0.3, -0.25) is 10.1 Å². The van der Waals surface area contributed by atoms with Crippen molar-refractivity contribution in [3.63, 3.8) is 0 Å². The number of carbonyl (C=O) groups is 1. The first-order valence-corrected chi connectivity index (χ1v) is 12.0. The number of alkyl halides is 1. The van der Waals surface area contributed by atoms with Gasteiger partial charge in [0.15, 0.2) is 11.9 Å². The smallest absolute Gasteiger partial charge is 0.259 e. The molecule has 2 aliphatic heterocycles. The Morgan fingerprint density at radius 3 is 2.74 bits per heavy atom. The Kier molecular flexibility index (Phi) is 6.68. The number of amides is 1. The average Bonchev–Trinajstić information content (AvgIpc) is 3.49. The van der Waals surface area contributed by atoms with Gasteiger partial charge in [-0.15, -0.1) is 15.3 Å². The van der Waals surface area contributed by atoms with Crippen molar-refractivity contribution in [3.8, 4) is 0 Å². The number of halogens is 2. The Hall–Kier alpha value is -3.45. The van der Waals surface area contributed by atoms with Gasteiger partial charge in [-0.1, -0.05) is 17.4 Å². The second-order valence-electron chi connectivity index (χ2n) is 8.39. The Morgan fingerprint density at radius 2 is 2.00 bits per heavy atom. The Balaban J connectivity index is 1.20. The molecule has 4 heterocycles. The summed E-state index contributed by atoms with van der Waals surface area (Å²) in [6.45, 7) is 1.85. The summed E-state index contributed by atoms with van der Waals surface area (Å²) < 4.78 is 32.8. The van der Waals surface area contributed by atoms with E-state index in [9.17, 15) is 13.6 Å². The predicted octanol–water partition coefficient (Wildman–Crippen LogP) is 2.64. The fraction of sp³-hybridized carbons (Fsp3) is 0.409. The van der Waals surface area contributed by atoms with Crippen LogP contribution < -0.4 is 20.4 Å². The zero-order valence-corrected chi connectivity index (χ0v) is 19.7. The highest BCUT2D eigenvalue weighted by molar-refractivity contribution is 7.19. The number of aromatic nitrogens is 4. The lowest BCUT2D eigenvalue weighted by Gasteiger charge is -2.36. The molecule has 0 saturated carbocycles. The van der Waals surface area contributed by atoms with E-state index in [-0.39, 0.29) is 24.8 Å². The second-order valence-corrected chi connectivity index (χ2v) is 9.37. The van der Waals surface area contributed by atoms with Gasteiger partial charge in [0.2, 0.25) is 10.3 Å². The first-order valence-electron chi connectivity index (χ1n) is 11.1. The summed E-state index contributed by atoms with van der Waals surface area (Å²) in [7, 11) is 1.39. The maximum atomic E-state index is 14.2. The molecule has 2 atom stereocenters. The van der Waals surface area contributed by atoms with Crippen LogP contribution in [0.1, 0.15) is 18.1 Å². The van der Waals surface area contributed by atoms with Crippen molar-refractivity contribution in [1.82, 2.24) is 20.4 Å². The third-order valence-electron chi connectivity index (χ3n) is 5.98. The molecule has 2 fully saturated rings. The summed E-state index contributed by atoms with van der Waals surface area (Å²) in [6.07, 6.45) is 0.575. The zero-order valence-electron chi connectivity index (χ0n) is 18.9. The van der Waals surface area contributed by atoms with Crippen LogP contribution in [-0.4, -0.2) is 71.8 Å². The Morgan fingerprint density at radius 1 is 1.17 bits per heavy atom.